The number of aromatic nitrogens is 2. The van der Waals surface area contributed by atoms with Crippen LogP contribution in [0.5, 0.6) is 0 Å². The van der Waals surface area contributed by atoms with Crippen molar-refractivity contribution < 1.29 is 14.3 Å². The minimum Gasteiger partial charge on any atom is -0.468 e. The number of hydrogen-bond donors (Lipinski definition) is 1. The van der Waals surface area contributed by atoms with Crippen molar-refractivity contribution in [3.63, 3.8) is 0 Å². The molecule has 6 nitrogen and oxygen atoms in total. The van der Waals surface area contributed by atoms with Gasteiger partial charge in [-0.2, -0.15) is 0 Å². The lowest BCUT2D eigenvalue weighted by Crippen LogP contribution is -2.25. The van der Waals surface area contributed by atoms with Gasteiger partial charge in [0, 0.05) is 5.56 Å². The molecule has 24 heavy (non-hydrogen) atoms. The number of aryl methyl sites for hydroxylation is 1. The van der Waals surface area contributed by atoms with Crippen LogP contribution in [0, 0.1) is 6.92 Å². The molecular weight excluding hydrogens is 346 g/mol. The molecule has 1 aromatic carbocycles. The average Bonchev–Trinajstić information content (AvgIpc) is 3.03. The van der Waals surface area contributed by atoms with Gasteiger partial charge in [0.1, 0.15) is 5.01 Å². The highest BCUT2D eigenvalue weighted by Crippen LogP contribution is 2.27. The number of benzene rings is 1. The summed E-state index contributed by atoms with van der Waals surface area (Å²) in [6.45, 7) is 3.91. The number of nitrogens with zero attached hydrogens (tertiary/aromatic N) is 2. The van der Waals surface area contributed by atoms with Crippen molar-refractivity contribution in [2.75, 3.05) is 18.2 Å². The van der Waals surface area contributed by atoms with Gasteiger partial charge in [-0.1, -0.05) is 42.0 Å². The molecule has 1 aromatic heterocycles. The van der Waals surface area contributed by atoms with Gasteiger partial charge in [-0.05, 0) is 19.4 Å². The Labute approximate surface area is 149 Å². The fraction of sp³-hybridized carbons (Fsp3) is 0.375. The lowest BCUT2D eigenvalue weighted by Gasteiger charge is -2.12. The first-order valence-corrected chi connectivity index (χ1v) is 9.29. The van der Waals surface area contributed by atoms with Crippen LogP contribution < -0.4 is 5.32 Å². The minimum atomic E-state index is -0.344. The molecule has 1 N–H and O–H groups in total. The molecule has 0 aliphatic heterocycles. The number of thioether (sulfide) groups is 1. The fourth-order valence-electron chi connectivity index (χ4n) is 1.96. The number of esters is 1. The second-order valence-corrected chi connectivity index (χ2v) is 7.22. The van der Waals surface area contributed by atoms with E-state index in [-0.39, 0.29) is 22.9 Å². The molecule has 0 aliphatic rings. The maximum atomic E-state index is 12.3. The number of carbonyl (C=O) groups is 2. The van der Waals surface area contributed by atoms with Gasteiger partial charge in [-0.3, -0.25) is 14.9 Å². The number of hydrogen-bond acceptors (Lipinski definition) is 7. The van der Waals surface area contributed by atoms with Gasteiger partial charge in [0.05, 0.1) is 18.1 Å². The summed E-state index contributed by atoms with van der Waals surface area (Å²) in [7, 11) is 1.33. The predicted octanol–water partition coefficient (Wildman–Crippen LogP) is 3.14. The summed E-state index contributed by atoms with van der Waals surface area (Å²) in [6.07, 6.45) is 0.608. The quantitative estimate of drug-likeness (QED) is 0.759. The zero-order valence-corrected chi connectivity index (χ0v) is 15.4. The normalized spacial score (nSPS) is 11.8. The lowest BCUT2D eigenvalue weighted by atomic mass is 10.1. The average molecular weight is 365 g/mol. The zero-order chi connectivity index (χ0) is 17.5. The van der Waals surface area contributed by atoms with E-state index < -0.39 is 0 Å². The Bertz CT molecular complexity index is 718. The minimum absolute atomic E-state index is 0.146. The Balaban J connectivity index is 2.00. The molecule has 0 radical (unpaired) electrons. The molecule has 0 aliphatic carbocycles. The van der Waals surface area contributed by atoms with Crippen molar-refractivity contribution in [3.05, 3.63) is 29.8 Å². The van der Waals surface area contributed by atoms with Crippen LogP contribution in [0.1, 0.15) is 18.9 Å². The van der Waals surface area contributed by atoms with Gasteiger partial charge in [-0.25, -0.2) is 0 Å². The van der Waals surface area contributed by atoms with Gasteiger partial charge in [0.2, 0.25) is 11.0 Å². The summed E-state index contributed by atoms with van der Waals surface area (Å²) in [6, 6.07) is 7.95. The van der Waals surface area contributed by atoms with Crippen molar-refractivity contribution in [1.82, 2.24) is 10.2 Å². The number of methoxy groups -OCH3 is 1. The number of rotatable bonds is 7. The van der Waals surface area contributed by atoms with E-state index in [1.165, 1.54) is 30.2 Å². The highest BCUT2D eigenvalue weighted by molar-refractivity contribution is 8.01. The Morgan fingerprint density at radius 3 is 2.83 bits per heavy atom. The van der Waals surface area contributed by atoms with Crippen molar-refractivity contribution in [1.29, 1.82) is 0 Å². The molecule has 128 valence electrons. The standard InChI is InChI=1S/C16H19N3O3S2/c1-4-12(23-9-13(20)22-3)14(21)17-16-19-18-15(24-16)11-7-5-6-10(2)8-11/h5-8,12H,4,9H2,1-3H3,(H,17,19,21)/t12-/m0/s1. The van der Waals surface area contributed by atoms with Gasteiger partial charge < -0.3 is 4.74 Å². The zero-order valence-electron chi connectivity index (χ0n) is 13.7. The molecule has 0 unspecified atom stereocenters. The third kappa shape index (κ3) is 5.04. The molecule has 0 saturated heterocycles. The van der Waals surface area contributed by atoms with Crippen LogP contribution in [0.15, 0.2) is 24.3 Å². The van der Waals surface area contributed by atoms with Crippen LogP contribution in [0.3, 0.4) is 0 Å². The van der Waals surface area contributed by atoms with Crippen LogP contribution >= 0.6 is 23.1 Å². The summed E-state index contributed by atoms with van der Waals surface area (Å²) in [5.74, 6) is -0.380. The van der Waals surface area contributed by atoms with Gasteiger partial charge in [0.15, 0.2) is 0 Å². The third-order valence-electron chi connectivity index (χ3n) is 3.21. The first-order chi connectivity index (χ1) is 11.5. The fourth-order valence-corrected chi connectivity index (χ4v) is 3.60. The van der Waals surface area contributed by atoms with E-state index in [2.05, 4.69) is 20.3 Å². The van der Waals surface area contributed by atoms with E-state index >= 15 is 0 Å². The molecule has 1 amide bonds. The highest BCUT2D eigenvalue weighted by Gasteiger charge is 2.20. The lowest BCUT2D eigenvalue weighted by molar-refractivity contribution is -0.137. The Morgan fingerprint density at radius 1 is 1.38 bits per heavy atom. The number of nitrogens with one attached hydrogen (secondary N) is 1. The molecule has 0 bridgehead atoms. The molecule has 2 rings (SSSR count). The molecule has 2 aromatic rings. The molecule has 0 saturated carbocycles. The van der Waals surface area contributed by atoms with Crippen molar-refractivity contribution in [2.24, 2.45) is 0 Å². The summed E-state index contributed by atoms with van der Waals surface area (Å²) < 4.78 is 4.59. The van der Waals surface area contributed by atoms with Gasteiger partial charge in [0.25, 0.3) is 0 Å². The maximum absolute atomic E-state index is 12.3. The monoisotopic (exact) mass is 365 g/mol. The maximum Gasteiger partial charge on any atom is 0.315 e. The van der Waals surface area contributed by atoms with E-state index in [9.17, 15) is 9.59 Å². The topological polar surface area (TPSA) is 81.2 Å². The first-order valence-electron chi connectivity index (χ1n) is 7.43. The van der Waals surface area contributed by atoms with Crippen LogP contribution in [0.2, 0.25) is 0 Å². The van der Waals surface area contributed by atoms with E-state index in [1.807, 2.05) is 38.1 Å². The number of carbonyl (C=O) groups excluding carboxylic acids is 2. The SMILES string of the molecule is CC[C@H](SCC(=O)OC)C(=O)Nc1nnc(-c2cccc(C)c2)s1. The van der Waals surface area contributed by atoms with E-state index in [0.29, 0.717) is 11.6 Å². The Kier molecular flexibility index (Phi) is 6.74. The largest absolute Gasteiger partial charge is 0.468 e. The van der Waals surface area contributed by atoms with E-state index in [1.54, 1.807) is 0 Å². The molecule has 1 heterocycles. The van der Waals surface area contributed by atoms with Crippen molar-refractivity contribution in [3.8, 4) is 10.6 Å². The first kappa shape index (κ1) is 18.4. The van der Waals surface area contributed by atoms with Crippen molar-refractivity contribution in [2.45, 2.75) is 25.5 Å². The van der Waals surface area contributed by atoms with Crippen LogP contribution in [-0.4, -0.2) is 40.2 Å². The number of ether oxygens (including phenoxy) is 1. The summed E-state index contributed by atoms with van der Waals surface area (Å²) >= 11 is 2.58. The summed E-state index contributed by atoms with van der Waals surface area (Å²) in [5, 5.41) is 11.8. The number of amides is 1. The molecule has 8 heteroatoms. The van der Waals surface area contributed by atoms with Crippen molar-refractivity contribution >= 4 is 40.1 Å². The van der Waals surface area contributed by atoms with Crippen LogP contribution in [0.4, 0.5) is 5.13 Å². The predicted molar refractivity (Wildman–Crippen MR) is 97.3 cm³/mol. The second-order valence-electron chi connectivity index (χ2n) is 5.06. The molecule has 0 fully saturated rings. The number of anilines is 1. The van der Waals surface area contributed by atoms with Gasteiger partial charge >= 0.3 is 5.97 Å². The van der Waals surface area contributed by atoms with Crippen LogP contribution in [-0.2, 0) is 14.3 Å². The molecule has 1 atom stereocenters. The third-order valence-corrected chi connectivity index (χ3v) is 5.45. The molecular formula is C16H19N3O3S2. The second kappa shape index (κ2) is 8.79. The summed E-state index contributed by atoms with van der Waals surface area (Å²) in [5.41, 5.74) is 2.11. The summed E-state index contributed by atoms with van der Waals surface area (Å²) in [4.78, 5) is 23.5. The Hall–Kier alpha value is -1.93. The molecule has 0 spiro atoms. The van der Waals surface area contributed by atoms with Crippen LogP contribution in [0.25, 0.3) is 10.6 Å². The van der Waals surface area contributed by atoms with E-state index in [0.717, 1.165) is 16.1 Å². The van der Waals surface area contributed by atoms with E-state index in [4.69, 9.17) is 0 Å². The highest BCUT2D eigenvalue weighted by atomic mass is 32.2. The van der Waals surface area contributed by atoms with Gasteiger partial charge in [-0.15, -0.1) is 22.0 Å². The Morgan fingerprint density at radius 2 is 2.17 bits per heavy atom. The smallest absolute Gasteiger partial charge is 0.315 e.